The first-order chi connectivity index (χ1) is 9.77. The Balaban J connectivity index is 2.20. The molecular formula is C15H15F2NO2S. The molecule has 2 rings (SSSR count). The maximum Gasteiger partial charge on any atom is 0.175 e. The monoisotopic (exact) mass is 311 g/mol. The third kappa shape index (κ3) is 3.78. The fourth-order valence-electron chi connectivity index (χ4n) is 1.93. The zero-order valence-electron chi connectivity index (χ0n) is 11.6. The van der Waals surface area contributed by atoms with Crippen molar-refractivity contribution in [3.05, 3.63) is 59.7 Å². The van der Waals surface area contributed by atoms with Gasteiger partial charge in [-0.3, -0.25) is 0 Å². The summed E-state index contributed by atoms with van der Waals surface area (Å²) in [5.41, 5.74) is 0.834. The molecule has 0 amide bonds. The van der Waals surface area contributed by atoms with Crippen molar-refractivity contribution in [3.8, 4) is 0 Å². The first-order valence-electron chi connectivity index (χ1n) is 6.29. The summed E-state index contributed by atoms with van der Waals surface area (Å²) in [4.78, 5) is 0.218. The van der Waals surface area contributed by atoms with Gasteiger partial charge in [-0.25, -0.2) is 17.2 Å². The summed E-state index contributed by atoms with van der Waals surface area (Å²) in [6, 6.07) is 9.15. The molecule has 0 fully saturated rings. The van der Waals surface area contributed by atoms with E-state index >= 15 is 0 Å². The van der Waals surface area contributed by atoms with Crippen molar-refractivity contribution >= 4 is 15.5 Å². The molecular weight excluding hydrogens is 296 g/mol. The fourth-order valence-corrected chi connectivity index (χ4v) is 2.56. The van der Waals surface area contributed by atoms with Crippen LogP contribution in [-0.4, -0.2) is 14.7 Å². The Bertz CT molecular complexity index is 743. The summed E-state index contributed by atoms with van der Waals surface area (Å²) < 4.78 is 49.4. The van der Waals surface area contributed by atoms with Crippen LogP contribution in [-0.2, 0) is 9.84 Å². The van der Waals surface area contributed by atoms with E-state index in [0.29, 0.717) is 0 Å². The minimum atomic E-state index is -3.25. The smallest absolute Gasteiger partial charge is 0.175 e. The lowest BCUT2D eigenvalue weighted by atomic mass is 10.1. The van der Waals surface area contributed by atoms with E-state index in [0.717, 1.165) is 30.0 Å². The molecule has 0 radical (unpaired) electrons. The highest BCUT2D eigenvalue weighted by Gasteiger charge is 2.11. The maximum atomic E-state index is 13.6. The van der Waals surface area contributed by atoms with Crippen molar-refractivity contribution in [1.29, 1.82) is 0 Å². The molecule has 1 atom stereocenters. The second kappa shape index (κ2) is 5.81. The van der Waals surface area contributed by atoms with Crippen LogP contribution in [0.3, 0.4) is 0 Å². The molecule has 0 aliphatic rings. The Kier molecular flexibility index (Phi) is 4.27. The molecule has 2 aromatic rings. The van der Waals surface area contributed by atoms with Gasteiger partial charge < -0.3 is 5.32 Å². The highest BCUT2D eigenvalue weighted by atomic mass is 32.2. The number of anilines is 1. The summed E-state index contributed by atoms with van der Waals surface area (Å²) >= 11 is 0. The van der Waals surface area contributed by atoms with Crippen LogP contribution in [0.15, 0.2) is 47.4 Å². The van der Waals surface area contributed by atoms with Gasteiger partial charge >= 0.3 is 0 Å². The molecule has 0 heterocycles. The summed E-state index contributed by atoms with van der Waals surface area (Å²) in [7, 11) is -3.25. The van der Waals surface area contributed by atoms with Gasteiger partial charge in [0.2, 0.25) is 0 Å². The minimum absolute atomic E-state index is 0.0645. The van der Waals surface area contributed by atoms with Crippen LogP contribution in [0.25, 0.3) is 0 Å². The van der Waals surface area contributed by atoms with Gasteiger partial charge in [0.05, 0.1) is 10.6 Å². The van der Waals surface area contributed by atoms with E-state index < -0.39 is 21.5 Å². The van der Waals surface area contributed by atoms with E-state index in [1.807, 2.05) is 0 Å². The molecule has 1 unspecified atom stereocenters. The highest BCUT2D eigenvalue weighted by Crippen LogP contribution is 2.23. The summed E-state index contributed by atoms with van der Waals surface area (Å²) in [5, 5.41) is 2.86. The largest absolute Gasteiger partial charge is 0.376 e. The predicted molar refractivity (Wildman–Crippen MR) is 77.9 cm³/mol. The fraction of sp³-hybridized carbons (Fsp3) is 0.200. The van der Waals surface area contributed by atoms with Crippen molar-refractivity contribution in [3.63, 3.8) is 0 Å². The van der Waals surface area contributed by atoms with Gasteiger partial charge in [0.25, 0.3) is 0 Å². The Labute approximate surface area is 122 Å². The van der Waals surface area contributed by atoms with Crippen molar-refractivity contribution in [1.82, 2.24) is 0 Å². The molecule has 1 N–H and O–H groups in total. The van der Waals surface area contributed by atoms with Crippen molar-refractivity contribution in [2.75, 3.05) is 11.6 Å². The standard InChI is InChI=1S/C15H15F2NO2S/c1-10(18-15-9-12(16)5-8-14(15)17)11-3-6-13(7-4-11)21(2,19)20/h3-10,18H,1-2H3. The normalized spacial score (nSPS) is 13.0. The number of nitrogens with one attached hydrogen (secondary N) is 1. The van der Waals surface area contributed by atoms with E-state index in [1.165, 1.54) is 12.1 Å². The van der Waals surface area contributed by atoms with Crippen LogP contribution in [0.5, 0.6) is 0 Å². The molecule has 3 nitrogen and oxygen atoms in total. The molecule has 0 bridgehead atoms. The van der Waals surface area contributed by atoms with Crippen LogP contribution in [0, 0.1) is 11.6 Å². The zero-order valence-corrected chi connectivity index (χ0v) is 12.4. The van der Waals surface area contributed by atoms with Crippen LogP contribution in [0.4, 0.5) is 14.5 Å². The first-order valence-corrected chi connectivity index (χ1v) is 8.18. The SMILES string of the molecule is CC(Nc1cc(F)ccc1F)c1ccc(S(C)(=O)=O)cc1. The van der Waals surface area contributed by atoms with Crippen LogP contribution >= 0.6 is 0 Å². The summed E-state index contributed by atoms with van der Waals surface area (Å²) in [6.45, 7) is 1.78. The summed E-state index contributed by atoms with van der Waals surface area (Å²) in [6.07, 6.45) is 1.13. The third-order valence-corrected chi connectivity index (χ3v) is 4.24. The van der Waals surface area contributed by atoms with Gasteiger partial charge in [-0.2, -0.15) is 0 Å². The number of hydrogen-bond acceptors (Lipinski definition) is 3. The highest BCUT2D eigenvalue weighted by molar-refractivity contribution is 7.90. The van der Waals surface area contributed by atoms with Crippen LogP contribution < -0.4 is 5.32 Å². The van der Waals surface area contributed by atoms with Gasteiger partial charge in [0.1, 0.15) is 11.6 Å². The number of hydrogen-bond donors (Lipinski definition) is 1. The lowest BCUT2D eigenvalue weighted by Crippen LogP contribution is -2.08. The van der Waals surface area contributed by atoms with Gasteiger partial charge in [-0.05, 0) is 42.8 Å². The molecule has 6 heteroatoms. The van der Waals surface area contributed by atoms with Gasteiger partial charge in [0, 0.05) is 12.3 Å². The number of sulfone groups is 1. The molecule has 0 aliphatic carbocycles. The third-order valence-electron chi connectivity index (χ3n) is 3.11. The van der Waals surface area contributed by atoms with Gasteiger partial charge in [-0.1, -0.05) is 12.1 Å². The molecule has 21 heavy (non-hydrogen) atoms. The Morgan fingerprint density at radius 2 is 1.67 bits per heavy atom. The van der Waals surface area contributed by atoms with E-state index in [1.54, 1.807) is 19.1 Å². The van der Waals surface area contributed by atoms with E-state index in [-0.39, 0.29) is 16.6 Å². The molecule has 0 aliphatic heterocycles. The molecule has 112 valence electrons. The second-order valence-electron chi connectivity index (χ2n) is 4.83. The topological polar surface area (TPSA) is 46.2 Å². The lowest BCUT2D eigenvalue weighted by Gasteiger charge is -2.16. The predicted octanol–water partition coefficient (Wildman–Crippen LogP) is 3.54. The quantitative estimate of drug-likeness (QED) is 0.939. The van der Waals surface area contributed by atoms with Crippen LogP contribution in [0.2, 0.25) is 0 Å². The number of halogens is 2. The van der Waals surface area contributed by atoms with Crippen molar-refractivity contribution in [2.45, 2.75) is 17.9 Å². The van der Waals surface area contributed by atoms with E-state index in [9.17, 15) is 17.2 Å². The minimum Gasteiger partial charge on any atom is -0.376 e. The van der Waals surface area contributed by atoms with Gasteiger partial charge in [0.15, 0.2) is 9.84 Å². The molecule has 0 aromatic heterocycles. The molecule has 2 aromatic carbocycles. The Morgan fingerprint density at radius 1 is 1.05 bits per heavy atom. The Morgan fingerprint density at radius 3 is 2.24 bits per heavy atom. The maximum absolute atomic E-state index is 13.6. The lowest BCUT2D eigenvalue weighted by molar-refractivity contribution is 0.600. The van der Waals surface area contributed by atoms with Crippen LogP contribution in [0.1, 0.15) is 18.5 Å². The van der Waals surface area contributed by atoms with E-state index in [4.69, 9.17) is 0 Å². The Hall–Kier alpha value is -1.95. The molecule has 0 spiro atoms. The number of benzene rings is 2. The van der Waals surface area contributed by atoms with Gasteiger partial charge in [-0.15, -0.1) is 0 Å². The average Bonchev–Trinajstić information content (AvgIpc) is 2.42. The summed E-state index contributed by atoms with van der Waals surface area (Å²) in [5.74, 6) is -1.07. The average molecular weight is 311 g/mol. The first kappa shape index (κ1) is 15.4. The number of rotatable bonds is 4. The molecule has 0 saturated heterocycles. The zero-order chi connectivity index (χ0) is 15.6. The van der Waals surface area contributed by atoms with Crippen molar-refractivity contribution < 1.29 is 17.2 Å². The molecule has 0 saturated carbocycles. The van der Waals surface area contributed by atoms with E-state index in [2.05, 4.69) is 5.32 Å². The second-order valence-corrected chi connectivity index (χ2v) is 6.85. The van der Waals surface area contributed by atoms with Crippen molar-refractivity contribution in [2.24, 2.45) is 0 Å².